The molecule has 0 atom stereocenters. The molecule has 0 saturated carbocycles. The predicted octanol–water partition coefficient (Wildman–Crippen LogP) is 6.14. The van der Waals surface area contributed by atoms with Crippen LogP contribution in [0.4, 0.5) is 13.2 Å². The van der Waals surface area contributed by atoms with E-state index in [1.54, 1.807) is 24.3 Å². The second-order valence-corrected chi connectivity index (χ2v) is 8.28. The Morgan fingerprint density at radius 3 is 2.36 bits per heavy atom. The van der Waals surface area contributed by atoms with Crippen molar-refractivity contribution < 1.29 is 27.3 Å². The van der Waals surface area contributed by atoms with Gasteiger partial charge in [-0.2, -0.15) is 13.2 Å². The summed E-state index contributed by atoms with van der Waals surface area (Å²) in [5.41, 5.74) is 2.18. The average Bonchev–Trinajstić information content (AvgIpc) is 3.32. The van der Waals surface area contributed by atoms with Crippen molar-refractivity contribution >= 4 is 16.8 Å². The van der Waals surface area contributed by atoms with Gasteiger partial charge in [0.15, 0.2) is 24.3 Å². The van der Waals surface area contributed by atoms with E-state index in [2.05, 4.69) is 9.97 Å². The van der Waals surface area contributed by atoms with E-state index < -0.39 is 11.7 Å². The lowest BCUT2D eigenvalue weighted by atomic mass is 10.1. The fourth-order valence-corrected chi connectivity index (χ4v) is 3.82. The van der Waals surface area contributed by atoms with Gasteiger partial charge in [-0.1, -0.05) is 24.3 Å². The van der Waals surface area contributed by atoms with Crippen LogP contribution >= 0.6 is 0 Å². The molecule has 0 spiro atoms. The SMILES string of the molecule is O=C(c1ccc(Oc2ccc[n+](CCc3ccc(C(F)(F)F)cc3)c2)cc1)c1nc2ccccc2[nH]1. The first-order valence-corrected chi connectivity index (χ1v) is 11.3. The van der Waals surface area contributed by atoms with E-state index in [1.165, 1.54) is 12.1 Å². The Labute approximate surface area is 204 Å². The molecule has 0 aliphatic rings. The summed E-state index contributed by atoms with van der Waals surface area (Å²) in [4.78, 5) is 20.2. The average molecular weight is 488 g/mol. The molecule has 0 fully saturated rings. The topological polar surface area (TPSA) is 58.9 Å². The molecule has 2 heterocycles. The number of aromatic nitrogens is 3. The van der Waals surface area contributed by atoms with Crippen LogP contribution in [0.15, 0.2) is 97.3 Å². The molecule has 1 N–H and O–H groups in total. The van der Waals surface area contributed by atoms with Crippen molar-refractivity contribution in [2.75, 3.05) is 0 Å². The molecular weight excluding hydrogens is 467 g/mol. The summed E-state index contributed by atoms with van der Waals surface area (Å²) in [6.45, 7) is 0.577. The van der Waals surface area contributed by atoms with E-state index in [0.29, 0.717) is 30.0 Å². The maximum atomic E-state index is 12.8. The Morgan fingerprint density at radius 1 is 0.889 bits per heavy atom. The number of hydrogen-bond acceptors (Lipinski definition) is 3. The number of benzene rings is 3. The van der Waals surface area contributed by atoms with E-state index in [-0.39, 0.29) is 11.6 Å². The lowest BCUT2D eigenvalue weighted by Gasteiger charge is -2.07. The minimum Gasteiger partial charge on any atom is -0.451 e. The van der Waals surface area contributed by atoms with Gasteiger partial charge in [0, 0.05) is 18.1 Å². The van der Waals surface area contributed by atoms with Gasteiger partial charge in [-0.25, -0.2) is 9.55 Å². The predicted molar refractivity (Wildman–Crippen MR) is 128 cm³/mol. The van der Waals surface area contributed by atoms with Crippen LogP contribution in [0, 0.1) is 0 Å². The molecule has 0 bridgehead atoms. The molecule has 36 heavy (non-hydrogen) atoms. The van der Waals surface area contributed by atoms with E-state index in [1.807, 2.05) is 53.4 Å². The summed E-state index contributed by atoms with van der Waals surface area (Å²) in [5.74, 6) is 1.23. The number of ether oxygens (including phenoxy) is 1. The van der Waals surface area contributed by atoms with Crippen LogP contribution in [0.1, 0.15) is 27.3 Å². The third-order valence-corrected chi connectivity index (χ3v) is 5.73. The van der Waals surface area contributed by atoms with Crippen molar-refractivity contribution in [3.63, 3.8) is 0 Å². The second kappa shape index (κ2) is 9.65. The van der Waals surface area contributed by atoms with Gasteiger partial charge >= 0.3 is 6.18 Å². The number of halogens is 3. The Kier molecular flexibility index (Phi) is 6.25. The zero-order valence-electron chi connectivity index (χ0n) is 19.0. The Hall–Kier alpha value is -4.46. The number of aromatic amines is 1. The van der Waals surface area contributed by atoms with Gasteiger partial charge in [-0.05, 0) is 60.2 Å². The lowest BCUT2D eigenvalue weighted by molar-refractivity contribution is -0.696. The van der Waals surface area contributed by atoms with Crippen molar-refractivity contribution in [1.29, 1.82) is 0 Å². The van der Waals surface area contributed by atoms with Crippen LogP contribution in [-0.4, -0.2) is 15.8 Å². The molecule has 0 aliphatic carbocycles. The van der Waals surface area contributed by atoms with Gasteiger partial charge in [-0.15, -0.1) is 0 Å². The van der Waals surface area contributed by atoms with Crippen molar-refractivity contribution in [2.24, 2.45) is 0 Å². The number of carbonyl (C=O) groups is 1. The Balaban J connectivity index is 1.22. The number of alkyl halides is 3. The molecule has 0 aliphatic heterocycles. The lowest BCUT2D eigenvalue weighted by Crippen LogP contribution is -2.33. The number of hydrogen-bond donors (Lipinski definition) is 1. The van der Waals surface area contributed by atoms with Crippen molar-refractivity contribution in [3.05, 3.63) is 120 Å². The fourth-order valence-electron chi connectivity index (χ4n) is 3.82. The largest absolute Gasteiger partial charge is 0.451 e. The summed E-state index contributed by atoms with van der Waals surface area (Å²) in [6, 6.07) is 23.1. The van der Waals surface area contributed by atoms with Crippen LogP contribution < -0.4 is 9.30 Å². The fraction of sp³-hybridized carbons (Fsp3) is 0.107. The van der Waals surface area contributed by atoms with E-state index in [9.17, 15) is 18.0 Å². The van der Waals surface area contributed by atoms with E-state index >= 15 is 0 Å². The standard InChI is InChI=1S/C28H20F3N3O2/c29-28(30,31)21-11-7-19(8-12-21)15-17-34-16-3-4-23(18-34)36-22-13-9-20(10-14-22)26(35)27-32-24-5-1-2-6-25(24)33-27/h1-14,16,18H,15,17H2/p+1. The maximum absolute atomic E-state index is 12.8. The number of pyridine rings is 1. The van der Waals surface area contributed by atoms with Crippen LogP contribution in [-0.2, 0) is 19.1 Å². The highest BCUT2D eigenvalue weighted by Gasteiger charge is 2.29. The van der Waals surface area contributed by atoms with Gasteiger partial charge in [-0.3, -0.25) is 4.79 Å². The highest BCUT2D eigenvalue weighted by molar-refractivity contribution is 6.08. The number of nitrogens with zero attached hydrogens (tertiary/aromatic N) is 2. The molecule has 0 radical (unpaired) electrons. The van der Waals surface area contributed by atoms with Crippen molar-refractivity contribution in [2.45, 2.75) is 19.1 Å². The number of fused-ring (bicyclic) bond motifs is 1. The summed E-state index contributed by atoms with van der Waals surface area (Å²) < 4.78 is 46.0. The van der Waals surface area contributed by atoms with Crippen molar-refractivity contribution in [3.8, 4) is 11.5 Å². The summed E-state index contributed by atoms with van der Waals surface area (Å²) in [7, 11) is 0. The molecule has 5 rings (SSSR count). The molecule has 0 amide bonds. The van der Waals surface area contributed by atoms with Crippen molar-refractivity contribution in [1.82, 2.24) is 9.97 Å². The molecule has 5 nitrogen and oxygen atoms in total. The Morgan fingerprint density at radius 2 is 1.64 bits per heavy atom. The van der Waals surface area contributed by atoms with Crippen LogP contribution in [0.3, 0.4) is 0 Å². The molecule has 8 heteroatoms. The molecule has 180 valence electrons. The van der Waals surface area contributed by atoms with Crippen LogP contribution in [0.2, 0.25) is 0 Å². The molecule has 5 aromatic rings. The molecule has 2 aromatic heterocycles. The number of para-hydroxylation sites is 2. The Bertz CT molecular complexity index is 1480. The van der Waals surface area contributed by atoms with Gasteiger partial charge in [0.05, 0.1) is 16.6 Å². The first kappa shape index (κ1) is 23.3. The van der Waals surface area contributed by atoms with Gasteiger partial charge < -0.3 is 9.72 Å². The summed E-state index contributed by atoms with van der Waals surface area (Å²) in [6.07, 6.45) is -0.0771. The quantitative estimate of drug-likeness (QED) is 0.221. The first-order valence-electron chi connectivity index (χ1n) is 11.3. The second-order valence-electron chi connectivity index (χ2n) is 8.28. The van der Waals surface area contributed by atoms with E-state index in [0.717, 1.165) is 28.7 Å². The highest BCUT2D eigenvalue weighted by Crippen LogP contribution is 2.29. The number of rotatable bonds is 7. The molecular formula is C28H21F3N3O2+. The maximum Gasteiger partial charge on any atom is 0.416 e. The zero-order valence-corrected chi connectivity index (χ0v) is 19.0. The third kappa shape index (κ3) is 5.27. The third-order valence-electron chi connectivity index (χ3n) is 5.73. The van der Waals surface area contributed by atoms with E-state index in [4.69, 9.17) is 4.74 Å². The zero-order chi connectivity index (χ0) is 25.1. The van der Waals surface area contributed by atoms with Crippen LogP contribution in [0.5, 0.6) is 11.5 Å². The van der Waals surface area contributed by atoms with Gasteiger partial charge in [0.2, 0.25) is 12.0 Å². The molecule has 3 aromatic carbocycles. The number of aryl methyl sites for hydroxylation is 2. The normalized spacial score (nSPS) is 11.5. The highest BCUT2D eigenvalue weighted by atomic mass is 19.4. The first-order chi connectivity index (χ1) is 17.3. The summed E-state index contributed by atoms with van der Waals surface area (Å²) >= 11 is 0. The molecule has 0 unspecified atom stereocenters. The smallest absolute Gasteiger partial charge is 0.416 e. The van der Waals surface area contributed by atoms with Gasteiger partial charge in [0.1, 0.15) is 5.75 Å². The minimum absolute atomic E-state index is 0.210. The van der Waals surface area contributed by atoms with Crippen LogP contribution in [0.25, 0.3) is 11.0 Å². The van der Waals surface area contributed by atoms with Gasteiger partial charge in [0.25, 0.3) is 0 Å². The number of ketones is 1. The monoisotopic (exact) mass is 488 g/mol. The number of H-pyrrole nitrogens is 1. The number of carbonyl (C=O) groups excluding carboxylic acids is 1. The number of imidazole rings is 1. The minimum atomic E-state index is -4.34. The number of nitrogens with one attached hydrogen (secondary N) is 1. The summed E-state index contributed by atoms with van der Waals surface area (Å²) in [5, 5.41) is 0. The molecule has 0 saturated heterocycles.